The molecule has 1 amide bonds. The van der Waals surface area contributed by atoms with Gasteiger partial charge >= 0.3 is 5.97 Å². The molecule has 0 bridgehead atoms. The van der Waals surface area contributed by atoms with E-state index in [1.165, 1.54) is 22.2 Å². The van der Waals surface area contributed by atoms with Crippen molar-refractivity contribution in [3.63, 3.8) is 0 Å². The first-order valence-electron chi connectivity index (χ1n) is 9.50. The van der Waals surface area contributed by atoms with Crippen LogP contribution in [0.5, 0.6) is 0 Å². The van der Waals surface area contributed by atoms with Crippen LogP contribution in [0.2, 0.25) is 0 Å². The number of esters is 1. The highest BCUT2D eigenvalue weighted by atomic mass is 32.1. The Balaban J connectivity index is 1.51. The van der Waals surface area contributed by atoms with Gasteiger partial charge in [0.25, 0.3) is 5.56 Å². The number of ether oxygens (including phenoxy) is 1. The average molecular weight is 415 g/mol. The van der Waals surface area contributed by atoms with Crippen molar-refractivity contribution in [1.29, 1.82) is 0 Å². The third-order valence-electron chi connectivity index (χ3n) is 4.94. The standard InChI is InChI=1S/C19H21N5O4S/c1-2-28-19(27)13-5-3-7-22(10-13)17(25)11-23-18(26)15-9-14(16-6-4-8-29-16)21-24(15)12-20-23/h4,6,8-9,12-13H,2-3,5,7,10-11H2,1H3/t13-/m1/s1. The third-order valence-corrected chi connectivity index (χ3v) is 5.83. The molecule has 0 aliphatic carbocycles. The Bertz CT molecular complexity index is 1090. The number of hydrogen-bond donors (Lipinski definition) is 0. The normalized spacial score (nSPS) is 16.9. The molecule has 0 saturated carbocycles. The summed E-state index contributed by atoms with van der Waals surface area (Å²) >= 11 is 1.53. The van der Waals surface area contributed by atoms with Gasteiger partial charge in [0, 0.05) is 13.1 Å². The third kappa shape index (κ3) is 3.93. The number of carbonyl (C=O) groups excluding carboxylic acids is 2. The Morgan fingerprint density at radius 1 is 1.38 bits per heavy atom. The minimum Gasteiger partial charge on any atom is -0.466 e. The van der Waals surface area contributed by atoms with Gasteiger partial charge in [-0.3, -0.25) is 14.4 Å². The summed E-state index contributed by atoms with van der Waals surface area (Å²) in [7, 11) is 0. The second-order valence-corrected chi connectivity index (χ2v) is 7.81. The van der Waals surface area contributed by atoms with Gasteiger partial charge in [0.1, 0.15) is 24.1 Å². The van der Waals surface area contributed by atoms with E-state index >= 15 is 0 Å². The van der Waals surface area contributed by atoms with Gasteiger partial charge in [-0.2, -0.15) is 10.2 Å². The number of rotatable bonds is 5. The van der Waals surface area contributed by atoms with Crippen molar-refractivity contribution in [2.24, 2.45) is 5.92 Å². The van der Waals surface area contributed by atoms with Crippen molar-refractivity contribution >= 4 is 28.7 Å². The number of nitrogens with zero attached hydrogens (tertiary/aromatic N) is 5. The topological polar surface area (TPSA) is 98.8 Å². The summed E-state index contributed by atoms with van der Waals surface area (Å²) in [5.41, 5.74) is 0.672. The smallest absolute Gasteiger partial charge is 0.310 e. The van der Waals surface area contributed by atoms with Gasteiger partial charge in [-0.25, -0.2) is 9.20 Å². The highest BCUT2D eigenvalue weighted by Crippen LogP contribution is 2.23. The fourth-order valence-electron chi connectivity index (χ4n) is 3.48. The maximum absolute atomic E-state index is 12.8. The number of piperidine rings is 1. The highest BCUT2D eigenvalue weighted by molar-refractivity contribution is 7.13. The van der Waals surface area contributed by atoms with Crippen molar-refractivity contribution < 1.29 is 14.3 Å². The molecule has 1 saturated heterocycles. The van der Waals surface area contributed by atoms with E-state index in [0.717, 1.165) is 16.0 Å². The number of fused-ring (bicyclic) bond motifs is 1. The van der Waals surface area contributed by atoms with Crippen LogP contribution in [-0.4, -0.2) is 55.9 Å². The first-order valence-corrected chi connectivity index (χ1v) is 10.4. The molecule has 0 N–H and O–H groups in total. The van der Waals surface area contributed by atoms with Crippen LogP contribution in [0, 0.1) is 5.92 Å². The molecule has 1 aliphatic rings. The fourth-order valence-corrected chi connectivity index (χ4v) is 4.16. The van der Waals surface area contributed by atoms with Crippen molar-refractivity contribution in [3.8, 4) is 10.6 Å². The van der Waals surface area contributed by atoms with E-state index < -0.39 is 0 Å². The number of hydrogen-bond acceptors (Lipinski definition) is 7. The Kier molecular flexibility index (Phi) is 5.43. The van der Waals surface area contributed by atoms with Crippen LogP contribution < -0.4 is 5.56 Å². The lowest BCUT2D eigenvalue weighted by Gasteiger charge is -2.31. The number of aromatic nitrogens is 4. The lowest BCUT2D eigenvalue weighted by Crippen LogP contribution is -2.45. The van der Waals surface area contributed by atoms with Crippen LogP contribution in [0.25, 0.3) is 16.1 Å². The summed E-state index contributed by atoms with van der Waals surface area (Å²) in [6.45, 7) is 2.77. The predicted molar refractivity (Wildman–Crippen MR) is 106 cm³/mol. The molecule has 29 heavy (non-hydrogen) atoms. The molecule has 1 atom stereocenters. The molecule has 4 heterocycles. The summed E-state index contributed by atoms with van der Waals surface area (Å²) in [4.78, 5) is 40.1. The summed E-state index contributed by atoms with van der Waals surface area (Å²) < 4.78 is 7.65. The van der Waals surface area contributed by atoms with E-state index in [0.29, 0.717) is 37.3 Å². The molecule has 10 heteroatoms. The molecule has 1 aliphatic heterocycles. The van der Waals surface area contributed by atoms with Crippen LogP contribution >= 0.6 is 11.3 Å². The zero-order valence-electron chi connectivity index (χ0n) is 16.0. The van der Waals surface area contributed by atoms with E-state index in [4.69, 9.17) is 4.74 Å². The lowest BCUT2D eigenvalue weighted by atomic mass is 9.98. The van der Waals surface area contributed by atoms with E-state index in [2.05, 4.69) is 10.2 Å². The van der Waals surface area contributed by atoms with Crippen molar-refractivity contribution in [2.75, 3.05) is 19.7 Å². The molecule has 3 aromatic rings. The van der Waals surface area contributed by atoms with Crippen molar-refractivity contribution in [1.82, 2.24) is 24.3 Å². The van der Waals surface area contributed by atoms with Crippen molar-refractivity contribution in [3.05, 3.63) is 40.3 Å². The van der Waals surface area contributed by atoms with Gasteiger partial charge in [0.15, 0.2) is 0 Å². The maximum atomic E-state index is 12.8. The van der Waals surface area contributed by atoms with Crippen LogP contribution in [-0.2, 0) is 20.9 Å². The van der Waals surface area contributed by atoms with E-state index in [1.54, 1.807) is 17.9 Å². The molecule has 0 unspecified atom stereocenters. The van der Waals surface area contributed by atoms with E-state index in [1.807, 2.05) is 17.5 Å². The van der Waals surface area contributed by atoms with E-state index in [9.17, 15) is 14.4 Å². The van der Waals surface area contributed by atoms with Gasteiger partial charge in [-0.05, 0) is 37.3 Å². The Morgan fingerprint density at radius 3 is 3.00 bits per heavy atom. The molecule has 152 valence electrons. The Morgan fingerprint density at radius 2 is 2.24 bits per heavy atom. The summed E-state index contributed by atoms with van der Waals surface area (Å²) in [6.07, 6.45) is 2.86. The quantitative estimate of drug-likeness (QED) is 0.585. The number of likely N-dealkylation sites (tertiary alicyclic amines) is 1. The van der Waals surface area contributed by atoms with E-state index in [-0.39, 0.29) is 29.9 Å². The molecule has 3 aromatic heterocycles. The van der Waals surface area contributed by atoms with Gasteiger partial charge < -0.3 is 9.64 Å². The maximum Gasteiger partial charge on any atom is 0.310 e. The summed E-state index contributed by atoms with van der Waals surface area (Å²) in [5, 5.41) is 10.4. The molecule has 1 fully saturated rings. The molecule has 0 aromatic carbocycles. The number of amides is 1. The Labute approximate surface area is 170 Å². The molecule has 4 rings (SSSR count). The number of carbonyl (C=O) groups is 2. The van der Waals surface area contributed by atoms with Crippen LogP contribution in [0.15, 0.2) is 34.7 Å². The predicted octanol–water partition coefficient (Wildman–Crippen LogP) is 1.42. The van der Waals surface area contributed by atoms with Crippen molar-refractivity contribution in [2.45, 2.75) is 26.3 Å². The first-order chi connectivity index (χ1) is 14.1. The van der Waals surface area contributed by atoms with Crippen LogP contribution in [0.4, 0.5) is 0 Å². The van der Waals surface area contributed by atoms with Crippen LogP contribution in [0.3, 0.4) is 0 Å². The van der Waals surface area contributed by atoms with Gasteiger partial charge in [0.2, 0.25) is 5.91 Å². The largest absolute Gasteiger partial charge is 0.466 e. The average Bonchev–Trinajstić information content (AvgIpc) is 3.40. The summed E-state index contributed by atoms with van der Waals surface area (Å²) in [5.74, 6) is -0.832. The number of thiophene rings is 1. The minimum atomic E-state index is -0.380. The molecule has 0 radical (unpaired) electrons. The summed E-state index contributed by atoms with van der Waals surface area (Å²) in [6, 6.07) is 5.55. The molecule has 0 spiro atoms. The second-order valence-electron chi connectivity index (χ2n) is 6.86. The minimum absolute atomic E-state index is 0.176. The van der Waals surface area contributed by atoms with Gasteiger partial charge in [-0.1, -0.05) is 6.07 Å². The SMILES string of the molecule is CCOC(=O)[C@@H]1CCCN(C(=O)Cn2ncn3nc(-c4cccs4)cc3c2=O)C1. The zero-order valence-corrected chi connectivity index (χ0v) is 16.8. The van der Waals surface area contributed by atoms with Gasteiger partial charge in [-0.15, -0.1) is 11.3 Å². The molecular weight excluding hydrogens is 394 g/mol. The molecular formula is C19H21N5O4S. The monoisotopic (exact) mass is 415 g/mol. The fraction of sp³-hybridized carbons (Fsp3) is 0.421. The first kappa shape index (κ1) is 19.3. The Hall–Kier alpha value is -3.01. The second kappa shape index (κ2) is 8.16. The zero-order chi connectivity index (χ0) is 20.4. The van der Waals surface area contributed by atoms with Gasteiger partial charge in [0.05, 0.1) is 17.4 Å². The highest BCUT2D eigenvalue weighted by Gasteiger charge is 2.29. The molecule has 9 nitrogen and oxygen atoms in total. The lowest BCUT2D eigenvalue weighted by molar-refractivity contribution is -0.151. The van der Waals surface area contributed by atoms with Crippen LogP contribution in [0.1, 0.15) is 19.8 Å².